The Morgan fingerprint density at radius 1 is 0.935 bits per heavy atom. The van der Waals surface area contributed by atoms with Crippen molar-refractivity contribution in [2.45, 2.75) is 25.9 Å². The molecule has 0 bridgehead atoms. The summed E-state index contributed by atoms with van der Waals surface area (Å²) in [5.41, 5.74) is 3.77. The van der Waals surface area contributed by atoms with Crippen LogP contribution >= 0.6 is 0 Å². The summed E-state index contributed by atoms with van der Waals surface area (Å²) in [4.78, 5) is 20.3. The highest BCUT2D eigenvalue weighted by Gasteiger charge is 2.18. The standard InChI is InChI=1S/C27H27N3O/c1-3-24(21-14-8-5-9-15-21)29-27(31)23-18-26(28-25-17-11-10-16-22(23)25)30(2)19-20-12-6-4-7-13-20/h4-18,24H,3,19H2,1-2H3,(H,29,31). The Bertz CT molecular complexity index is 1160. The van der Waals surface area contributed by atoms with Gasteiger partial charge in [-0.2, -0.15) is 0 Å². The van der Waals surface area contributed by atoms with Gasteiger partial charge in [0.15, 0.2) is 0 Å². The number of nitrogens with one attached hydrogen (secondary N) is 1. The Labute approximate surface area is 183 Å². The highest BCUT2D eigenvalue weighted by atomic mass is 16.1. The molecule has 1 unspecified atom stereocenters. The van der Waals surface area contributed by atoms with E-state index in [1.165, 1.54) is 5.56 Å². The van der Waals surface area contributed by atoms with Crippen LogP contribution in [0, 0.1) is 0 Å². The summed E-state index contributed by atoms with van der Waals surface area (Å²) in [6, 6.07) is 30.1. The lowest BCUT2D eigenvalue weighted by molar-refractivity contribution is 0.0937. The Kier molecular flexibility index (Phi) is 6.27. The van der Waals surface area contributed by atoms with Crippen LogP contribution in [0.2, 0.25) is 0 Å². The number of aromatic nitrogens is 1. The number of carbonyl (C=O) groups is 1. The number of anilines is 1. The molecule has 4 aromatic rings. The maximum absolute atomic E-state index is 13.4. The number of para-hydroxylation sites is 1. The summed E-state index contributed by atoms with van der Waals surface area (Å²) in [5.74, 6) is 0.698. The molecule has 0 saturated heterocycles. The van der Waals surface area contributed by atoms with Gasteiger partial charge in [0.1, 0.15) is 5.82 Å². The van der Waals surface area contributed by atoms with Gasteiger partial charge in [-0.3, -0.25) is 4.79 Å². The highest BCUT2D eigenvalue weighted by Crippen LogP contribution is 2.25. The van der Waals surface area contributed by atoms with Crippen LogP contribution in [0.25, 0.3) is 10.9 Å². The number of hydrogen-bond acceptors (Lipinski definition) is 3. The minimum absolute atomic E-state index is 0.0360. The first-order valence-corrected chi connectivity index (χ1v) is 10.7. The molecule has 0 saturated carbocycles. The topological polar surface area (TPSA) is 45.2 Å². The first-order valence-electron chi connectivity index (χ1n) is 10.7. The van der Waals surface area contributed by atoms with Crippen molar-refractivity contribution in [3.8, 4) is 0 Å². The van der Waals surface area contributed by atoms with Crippen LogP contribution in [0.3, 0.4) is 0 Å². The van der Waals surface area contributed by atoms with Gasteiger partial charge in [-0.15, -0.1) is 0 Å². The molecule has 4 nitrogen and oxygen atoms in total. The summed E-state index contributed by atoms with van der Waals surface area (Å²) in [6.07, 6.45) is 0.819. The number of amides is 1. The van der Waals surface area contributed by atoms with Crippen molar-refractivity contribution in [2.75, 3.05) is 11.9 Å². The van der Waals surface area contributed by atoms with Crippen LogP contribution in [0.5, 0.6) is 0 Å². The number of hydrogen-bond donors (Lipinski definition) is 1. The van der Waals surface area contributed by atoms with Crippen LogP contribution in [0.15, 0.2) is 91.0 Å². The zero-order valence-electron chi connectivity index (χ0n) is 18.0. The molecule has 4 heteroatoms. The summed E-state index contributed by atoms with van der Waals surface area (Å²) in [7, 11) is 2.00. The van der Waals surface area contributed by atoms with Gasteiger partial charge in [0.2, 0.25) is 0 Å². The fraction of sp³-hybridized carbons (Fsp3) is 0.185. The van der Waals surface area contributed by atoms with E-state index in [1.54, 1.807) is 0 Å². The van der Waals surface area contributed by atoms with Crippen LogP contribution < -0.4 is 10.2 Å². The molecule has 1 aromatic heterocycles. The van der Waals surface area contributed by atoms with Crippen molar-refractivity contribution in [3.05, 3.63) is 108 Å². The van der Waals surface area contributed by atoms with Gasteiger partial charge >= 0.3 is 0 Å². The quantitative estimate of drug-likeness (QED) is 0.423. The van der Waals surface area contributed by atoms with Gasteiger partial charge < -0.3 is 10.2 Å². The van der Waals surface area contributed by atoms with Crippen LogP contribution in [-0.4, -0.2) is 17.9 Å². The zero-order chi connectivity index (χ0) is 21.6. The summed E-state index contributed by atoms with van der Waals surface area (Å²) in [6.45, 7) is 2.80. The maximum Gasteiger partial charge on any atom is 0.252 e. The van der Waals surface area contributed by atoms with E-state index in [0.717, 1.165) is 35.2 Å². The number of fused-ring (bicyclic) bond motifs is 1. The minimum atomic E-state index is -0.0799. The second-order valence-electron chi connectivity index (χ2n) is 7.73. The summed E-state index contributed by atoms with van der Waals surface area (Å²) in [5, 5.41) is 4.08. The van der Waals surface area contributed by atoms with Crippen molar-refractivity contribution in [1.29, 1.82) is 0 Å². The molecule has 4 rings (SSSR count). The van der Waals surface area contributed by atoms with Crippen molar-refractivity contribution < 1.29 is 4.79 Å². The average molecular weight is 410 g/mol. The van der Waals surface area contributed by atoms with Gasteiger partial charge in [-0.25, -0.2) is 4.98 Å². The largest absolute Gasteiger partial charge is 0.355 e. The van der Waals surface area contributed by atoms with Crippen molar-refractivity contribution in [1.82, 2.24) is 10.3 Å². The number of nitrogens with zero attached hydrogens (tertiary/aromatic N) is 2. The van der Waals surface area contributed by atoms with E-state index in [0.29, 0.717) is 5.56 Å². The minimum Gasteiger partial charge on any atom is -0.355 e. The van der Waals surface area contributed by atoms with E-state index in [1.807, 2.05) is 73.8 Å². The van der Waals surface area contributed by atoms with Crippen LogP contribution in [0.1, 0.15) is 40.9 Å². The third-order valence-corrected chi connectivity index (χ3v) is 5.52. The monoisotopic (exact) mass is 409 g/mol. The Balaban J connectivity index is 1.66. The average Bonchev–Trinajstić information content (AvgIpc) is 2.82. The Morgan fingerprint density at radius 2 is 1.58 bits per heavy atom. The van der Waals surface area contributed by atoms with E-state index in [9.17, 15) is 4.79 Å². The molecule has 0 radical (unpaired) electrons. The SMILES string of the molecule is CCC(NC(=O)c1cc(N(C)Cc2ccccc2)nc2ccccc12)c1ccccc1. The van der Waals surface area contributed by atoms with Crippen molar-refractivity contribution in [2.24, 2.45) is 0 Å². The van der Waals surface area contributed by atoms with Crippen molar-refractivity contribution >= 4 is 22.6 Å². The van der Waals surface area contributed by atoms with E-state index in [4.69, 9.17) is 4.98 Å². The predicted molar refractivity (Wildman–Crippen MR) is 127 cm³/mol. The lowest BCUT2D eigenvalue weighted by Crippen LogP contribution is -2.29. The molecule has 0 aliphatic carbocycles. The fourth-order valence-electron chi connectivity index (χ4n) is 3.83. The first kappa shape index (κ1) is 20.6. The third-order valence-electron chi connectivity index (χ3n) is 5.52. The van der Waals surface area contributed by atoms with E-state index >= 15 is 0 Å². The zero-order valence-corrected chi connectivity index (χ0v) is 18.0. The van der Waals surface area contributed by atoms with Crippen LogP contribution in [0.4, 0.5) is 5.82 Å². The van der Waals surface area contributed by atoms with E-state index in [2.05, 4.69) is 41.4 Å². The van der Waals surface area contributed by atoms with Crippen LogP contribution in [-0.2, 0) is 6.54 Å². The smallest absolute Gasteiger partial charge is 0.252 e. The van der Waals surface area contributed by atoms with Gasteiger partial charge in [-0.05, 0) is 29.7 Å². The number of carbonyl (C=O) groups excluding carboxylic acids is 1. The lowest BCUT2D eigenvalue weighted by atomic mass is 10.0. The third kappa shape index (κ3) is 4.75. The molecule has 1 N–H and O–H groups in total. The molecule has 156 valence electrons. The molecular weight excluding hydrogens is 382 g/mol. The molecule has 3 aromatic carbocycles. The Morgan fingerprint density at radius 3 is 2.29 bits per heavy atom. The van der Waals surface area contributed by atoms with Crippen molar-refractivity contribution in [3.63, 3.8) is 0 Å². The molecule has 1 amide bonds. The first-order chi connectivity index (χ1) is 15.2. The highest BCUT2D eigenvalue weighted by molar-refractivity contribution is 6.07. The molecule has 1 atom stereocenters. The molecule has 0 aliphatic rings. The number of pyridine rings is 1. The second kappa shape index (κ2) is 9.43. The van der Waals surface area contributed by atoms with Gasteiger partial charge in [0.25, 0.3) is 5.91 Å². The number of rotatable bonds is 7. The molecule has 0 aliphatic heterocycles. The van der Waals surface area contributed by atoms with E-state index < -0.39 is 0 Å². The lowest BCUT2D eigenvalue weighted by Gasteiger charge is -2.21. The normalized spacial score (nSPS) is 11.8. The number of benzene rings is 3. The predicted octanol–water partition coefficient (Wildman–Crippen LogP) is 5.75. The fourth-order valence-corrected chi connectivity index (χ4v) is 3.83. The molecular formula is C27H27N3O. The Hall–Kier alpha value is -3.66. The molecule has 1 heterocycles. The molecule has 31 heavy (non-hydrogen) atoms. The van der Waals surface area contributed by atoms with Gasteiger partial charge in [-0.1, -0.05) is 85.8 Å². The molecule has 0 spiro atoms. The summed E-state index contributed by atoms with van der Waals surface area (Å²) < 4.78 is 0. The van der Waals surface area contributed by atoms with Gasteiger partial charge in [0.05, 0.1) is 17.1 Å². The summed E-state index contributed by atoms with van der Waals surface area (Å²) >= 11 is 0. The second-order valence-corrected chi connectivity index (χ2v) is 7.73. The van der Waals surface area contributed by atoms with E-state index in [-0.39, 0.29) is 11.9 Å². The van der Waals surface area contributed by atoms with Gasteiger partial charge in [0, 0.05) is 19.0 Å². The maximum atomic E-state index is 13.4. The molecule has 0 fully saturated rings.